The van der Waals surface area contributed by atoms with Crippen molar-refractivity contribution in [1.29, 1.82) is 5.26 Å². The highest BCUT2D eigenvalue weighted by molar-refractivity contribution is 5.91. The van der Waals surface area contributed by atoms with Crippen LogP contribution < -0.4 is 20.1 Å². The molecule has 140 valence electrons. The van der Waals surface area contributed by atoms with Gasteiger partial charge in [-0.05, 0) is 48.5 Å². The fraction of sp³-hybridized carbons (Fsp3) is 0.0952. The molecule has 0 unspecified atom stereocenters. The number of ether oxygens (including phenoxy) is 2. The van der Waals surface area contributed by atoms with Gasteiger partial charge in [-0.3, -0.25) is 4.79 Å². The molecule has 7 heteroatoms. The highest BCUT2D eigenvalue weighted by atomic mass is 16.5. The molecule has 0 fully saturated rings. The second-order valence-electron chi connectivity index (χ2n) is 5.73. The number of aromatic nitrogens is 1. The summed E-state index contributed by atoms with van der Waals surface area (Å²) < 4.78 is 10.7. The summed E-state index contributed by atoms with van der Waals surface area (Å²) in [6.07, 6.45) is 1.61. The lowest BCUT2D eigenvalue weighted by molar-refractivity contribution is -0.118. The number of carbonyl (C=O) groups excluding carboxylic acids is 1. The summed E-state index contributed by atoms with van der Waals surface area (Å²) in [4.78, 5) is 16.3. The lowest BCUT2D eigenvalue weighted by Gasteiger charge is -2.11. The minimum atomic E-state index is -0.328. The van der Waals surface area contributed by atoms with Gasteiger partial charge in [-0.15, -0.1) is 0 Å². The number of methoxy groups -OCH3 is 1. The molecule has 2 aromatic carbocycles. The monoisotopic (exact) mass is 374 g/mol. The van der Waals surface area contributed by atoms with Gasteiger partial charge in [0.15, 0.2) is 18.1 Å². The van der Waals surface area contributed by atoms with E-state index in [-0.39, 0.29) is 12.5 Å². The van der Waals surface area contributed by atoms with E-state index in [2.05, 4.69) is 21.7 Å². The second kappa shape index (κ2) is 9.05. The first kappa shape index (κ1) is 18.7. The van der Waals surface area contributed by atoms with Crippen molar-refractivity contribution < 1.29 is 14.3 Å². The van der Waals surface area contributed by atoms with Gasteiger partial charge in [-0.25, -0.2) is 4.98 Å². The van der Waals surface area contributed by atoms with Crippen molar-refractivity contribution in [2.24, 2.45) is 0 Å². The van der Waals surface area contributed by atoms with E-state index in [1.165, 1.54) is 0 Å². The summed E-state index contributed by atoms with van der Waals surface area (Å²) in [5.41, 5.74) is 2.19. The Morgan fingerprint density at radius 2 is 1.75 bits per heavy atom. The maximum atomic E-state index is 12.1. The molecule has 0 aliphatic carbocycles. The van der Waals surface area contributed by atoms with Crippen LogP contribution in [-0.2, 0) is 4.79 Å². The van der Waals surface area contributed by atoms with Crippen molar-refractivity contribution in [2.75, 3.05) is 24.4 Å². The summed E-state index contributed by atoms with van der Waals surface area (Å²) in [6.45, 7) is -0.159. The molecule has 0 radical (unpaired) electrons. The summed E-state index contributed by atoms with van der Waals surface area (Å²) in [6, 6.07) is 19.7. The zero-order valence-electron chi connectivity index (χ0n) is 15.2. The summed E-state index contributed by atoms with van der Waals surface area (Å²) in [5.74, 6) is 1.15. The van der Waals surface area contributed by atoms with E-state index in [9.17, 15) is 4.79 Å². The van der Waals surface area contributed by atoms with Crippen LogP contribution >= 0.6 is 0 Å². The van der Waals surface area contributed by atoms with E-state index in [0.29, 0.717) is 22.9 Å². The summed E-state index contributed by atoms with van der Waals surface area (Å²) in [5, 5.41) is 14.7. The van der Waals surface area contributed by atoms with E-state index in [1.54, 1.807) is 55.8 Å². The zero-order valence-corrected chi connectivity index (χ0v) is 15.2. The number of carbonyl (C=O) groups is 1. The molecular weight excluding hydrogens is 356 g/mol. The third-order valence-electron chi connectivity index (χ3n) is 3.76. The Kier molecular flexibility index (Phi) is 6.06. The van der Waals surface area contributed by atoms with Gasteiger partial charge in [-0.2, -0.15) is 5.26 Å². The molecule has 3 aromatic rings. The Morgan fingerprint density at radius 1 is 1.04 bits per heavy atom. The SMILES string of the molecule is COc1ccccc1OCC(=O)Nc1ccc(Nc2ccc(C#N)cc2)cn1. The van der Waals surface area contributed by atoms with Crippen molar-refractivity contribution in [3.63, 3.8) is 0 Å². The van der Waals surface area contributed by atoms with Crippen LogP contribution in [0.2, 0.25) is 0 Å². The number of benzene rings is 2. The van der Waals surface area contributed by atoms with Gasteiger partial charge < -0.3 is 20.1 Å². The molecule has 0 saturated carbocycles. The lowest BCUT2D eigenvalue weighted by Crippen LogP contribution is -2.20. The molecule has 3 rings (SSSR count). The number of nitrogens with one attached hydrogen (secondary N) is 2. The zero-order chi connectivity index (χ0) is 19.8. The predicted molar refractivity (Wildman–Crippen MR) is 106 cm³/mol. The van der Waals surface area contributed by atoms with Gasteiger partial charge >= 0.3 is 0 Å². The number of nitriles is 1. The van der Waals surface area contributed by atoms with Crippen LogP contribution in [0, 0.1) is 11.3 Å². The largest absolute Gasteiger partial charge is 0.493 e. The number of para-hydroxylation sites is 2. The van der Waals surface area contributed by atoms with Crippen LogP contribution in [0.5, 0.6) is 11.5 Å². The Hall–Kier alpha value is -4.05. The average molecular weight is 374 g/mol. The number of amides is 1. The van der Waals surface area contributed by atoms with E-state index >= 15 is 0 Å². The topological polar surface area (TPSA) is 96.3 Å². The quantitative estimate of drug-likeness (QED) is 0.654. The average Bonchev–Trinajstić information content (AvgIpc) is 2.74. The van der Waals surface area contributed by atoms with Crippen LogP contribution in [0.4, 0.5) is 17.2 Å². The van der Waals surface area contributed by atoms with Crippen molar-refractivity contribution in [3.05, 3.63) is 72.4 Å². The minimum Gasteiger partial charge on any atom is -0.493 e. The predicted octanol–water partition coefficient (Wildman–Crippen LogP) is 3.72. The first-order valence-corrected chi connectivity index (χ1v) is 8.47. The standard InChI is InChI=1S/C21H18N4O3/c1-27-18-4-2-3-5-19(18)28-14-21(26)25-20-11-10-17(13-23-20)24-16-8-6-15(12-22)7-9-16/h2-11,13,24H,14H2,1H3,(H,23,25,26). The molecule has 1 amide bonds. The molecule has 0 aliphatic heterocycles. The highest BCUT2D eigenvalue weighted by Crippen LogP contribution is 2.25. The van der Waals surface area contributed by atoms with Gasteiger partial charge in [-0.1, -0.05) is 12.1 Å². The fourth-order valence-corrected chi connectivity index (χ4v) is 2.40. The second-order valence-corrected chi connectivity index (χ2v) is 5.73. The Labute approximate surface area is 162 Å². The maximum absolute atomic E-state index is 12.1. The molecule has 0 bridgehead atoms. The molecule has 1 heterocycles. The van der Waals surface area contributed by atoms with Gasteiger partial charge in [0, 0.05) is 5.69 Å². The minimum absolute atomic E-state index is 0.159. The number of anilines is 3. The Bertz CT molecular complexity index is 980. The molecule has 7 nitrogen and oxygen atoms in total. The number of hydrogen-bond donors (Lipinski definition) is 2. The number of pyridine rings is 1. The molecular formula is C21H18N4O3. The van der Waals surface area contributed by atoms with Crippen LogP contribution in [-0.4, -0.2) is 24.6 Å². The molecule has 28 heavy (non-hydrogen) atoms. The Morgan fingerprint density at radius 3 is 2.39 bits per heavy atom. The third kappa shape index (κ3) is 4.99. The number of nitrogens with zero attached hydrogens (tertiary/aromatic N) is 2. The summed E-state index contributed by atoms with van der Waals surface area (Å²) >= 11 is 0. The third-order valence-corrected chi connectivity index (χ3v) is 3.76. The molecule has 0 spiro atoms. The molecule has 0 atom stereocenters. The maximum Gasteiger partial charge on any atom is 0.263 e. The van der Waals surface area contributed by atoms with Crippen LogP contribution in [0.3, 0.4) is 0 Å². The number of hydrogen-bond acceptors (Lipinski definition) is 6. The molecule has 1 aromatic heterocycles. The van der Waals surface area contributed by atoms with Crippen molar-refractivity contribution >= 4 is 23.1 Å². The van der Waals surface area contributed by atoms with Crippen molar-refractivity contribution in [2.45, 2.75) is 0 Å². The fourth-order valence-electron chi connectivity index (χ4n) is 2.40. The highest BCUT2D eigenvalue weighted by Gasteiger charge is 2.08. The first-order valence-electron chi connectivity index (χ1n) is 8.47. The van der Waals surface area contributed by atoms with E-state index in [1.807, 2.05) is 18.2 Å². The first-order chi connectivity index (χ1) is 13.7. The van der Waals surface area contributed by atoms with Crippen molar-refractivity contribution in [1.82, 2.24) is 4.98 Å². The van der Waals surface area contributed by atoms with E-state index in [4.69, 9.17) is 14.7 Å². The van der Waals surface area contributed by atoms with Crippen LogP contribution in [0.1, 0.15) is 5.56 Å². The lowest BCUT2D eigenvalue weighted by atomic mass is 10.2. The molecule has 0 saturated heterocycles. The van der Waals surface area contributed by atoms with Gasteiger partial charge in [0.05, 0.1) is 30.6 Å². The number of rotatable bonds is 7. The smallest absolute Gasteiger partial charge is 0.263 e. The van der Waals surface area contributed by atoms with Crippen molar-refractivity contribution in [3.8, 4) is 17.6 Å². The normalized spacial score (nSPS) is 9.86. The summed E-state index contributed by atoms with van der Waals surface area (Å²) in [7, 11) is 1.54. The van der Waals surface area contributed by atoms with Gasteiger partial charge in [0.1, 0.15) is 5.82 Å². The van der Waals surface area contributed by atoms with Gasteiger partial charge in [0.25, 0.3) is 5.91 Å². The van der Waals surface area contributed by atoms with Crippen LogP contribution in [0.25, 0.3) is 0 Å². The molecule has 0 aliphatic rings. The van der Waals surface area contributed by atoms with E-state index in [0.717, 1.165) is 11.4 Å². The Balaban J connectivity index is 1.53. The molecule has 2 N–H and O–H groups in total. The van der Waals surface area contributed by atoms with Gasteiger partial charge in [0.2, 0.25) is 0 Å². The van der Waals surface area contributed by atoms with Crippen LogP contribution in [0.15, 0.2) is 66.9 Å². The van der Waals surface area contributed by atoms with E-state index < -0.39 is 0 Å².